The topological polar surface area (TPSA) is 32.3 Å². The zero-order chi connectivity index (χ0) is 14.6. The van der Waals surface area contributed by atoms with Crippen molar-refractivity contribution in [3.8, 4) is 0 Å². The quantitative estimate of drug-likeness (QED) is 0.849. The maximum Gasteiger partial charge on any atom is 0.237 e. The van der Waals surface area contributed by atoms with Crippen LogP contribution >= 0.6 is 11.8 Å². The Balaban J connectivity index is 1.92. The van der Waals surface area contributed by atoms with Crippen molar-refractivity contribution in [2.45, 2.75) is 32.2 Å². The van der Waals surface area contributed by atoms with Gasteiger partial charge in [-0.3, -0.25) is 9.69 Å². The zero-order valence-electron chi connectivity index (χ0n) is 12.6. The lowest BCUT2D eigenvalue weighted by molar-refractivity contribution is -0.124. The molecule has 3 nitrogen and oxygen atoms in total. The smallest absolute Gasteiger partial charge is 0.237 e. The number of carbonyl (C=O) groups excluding carboxylic acids is 1. The van der Waals surface area contributed by atoms with Crippen molar-refractivity contribution in [1.82, 2.24) is 10.2 Å². The number of hydrogen-bond acceptors (Lipinski definition) is 3. The van der Waals surface area contributed by atoms with Gasteiger partial charge in [0.15, 0.2) is 0 Å². The maximum absolute atomic E-state index is 12.3. The second kappa shape index (κ2) is 6.78. The monoisotopic (exact) mass is 308 g/mol. The first-order valence-electron chi connectivity index (χ1n) is 7.09. The summed E-state index contributed by atoms with van der Waals surface area (Å²) in [6, 6.07) is 10.4. The van der Waals surface area contributed by atoms with E-state index in [4.69, 9.17) is 0 Å². The summed E-state index contributed by atoms with van der Waals surface area (Å²) in [5.74, 6) is 2.05. The van der Waals surface area contributed by atoms with Crippen LogP contribution in [0.2, 0.25) is 19.6 Å². The Labute approximate surface area is 127 Å². The van der Waals surface area contributed by atoms with E-state index in [1.54, 1.807) is 0 Å². The molecule has 0 aliphatic carbocycles. The lowest BCUT2D eigenvalue weighted by Gasteiger charge is -2.24. The van der Waals surface area contributed by atoms with Gasteiger partial charge >= 0.3 is 0 Å². The molecule has 0 saturated carbocycles. The molecule has 1 heterocycles. The molecule has 0 bridgehead atoms. The highest BCUT2D eigenvalue weighted by Gasteiger charge is 2.31. The van der Waals surface area contributed by atoms with Crippen LogP contribution in [-0.4, -0.2) is 42.7 Å². The Kier molecular flexibility index (Phi) is 5.29. The number of amides is 1. The summed E-state index contributed by atoms with van der Waals surface area (Å²) < 4.78 is 0. The standard InChI is InChI=1S/C15H24N2OSSi/c1-20(2,3)11-16-15(18)14-10-19-12-17(14)9-13-7-5-4-6-8-13/h4-8,14H,9-12H2,1-3H3,(H,16,18)/t14-/m1/s1. The molecule has 110 valence electrons. The van der Waals surface area contributed by atoms with Crippen LogP contribution in [0.4, 0.5) is 0 Å². The summed E-state index contributed by atoms with van der Waals surface area (Å²) >= 11 is 1.85. The van der Waals surface area contributed by atoms with Crippen LogP contribution in [0, 0.1) is 0 Å². The van der Waals surface area contributed by atoms with Crippen molar-refractivity contribution in [2.75, 3.05) is 17.8 Å². The van der Waals surface area contributed by atoms with Gasteiger partial charge in [0, 0.05) is 24.3 Å². The number of benzene rings is 1. The van der Waals surface area contributed by atoms with Crippen molar-refractivity contribution in [1.29, 1.82) is 0 Å². The Morgan fingerprint density at radius 3 is 2.70 bits per heavy atom. The fourth-order valence-corrected chi connectivity index (χ4v) is 4.06. The molecule has 0 spiro atoms. The van der Waals surface area contributed by atoms with Crippen molar-refractivity contribution in [3.05, 3.63) is 35.9 Å². The third-order valence-corrected chi connectivity index (χ3v) is 5.60. The van der Waals surface area contributed by atoms with Gasteiger partial charge in [0.25, 0.3) is 0 Å². The summed E-state index contributed by atoms with van der Waals surface area (Å²) in [5.41, 5.74) is 1.28. The molecule has 0 aromatic heterocycles. The second-order valence-corrected chi connectivity index (χ2v) is 13.0. The number of rotatable bonds is 5. The van der Waals surface area contributed by atoms with Gasteiger partial charge in [-0.1, -0.05) is 50.0 Å². The number of hydrogen-bond donors (Lipinski definition) is 1. The van der Waals surface area contributed by atoms with Crippen molar-refractivity contribution < 1.29 is 4.79 Å². The van der Waals surface area contributed by atoms with Crippen molar-refractivity contribution in [2.24, 2.45) is 0 Å². The molecular formula is C15H24N2OSSi. The van der Waals surface area contributed by atoms with E-state index < -0.39 is 8.07 Å². The normalized spacial score (nSPS) is 20.1. The lowest BCUT2D eigenvalue weighted by Crippen LogP contribution is -2.48. The molecule has 1 aliphatic rings. The molecule has 0 radical (unpaired) electrons. The van der Waals surface area contributed by atoms with Gasteiger partial charge in [-0.25, -0.2) is 0 Å². The van der Waals surface area contributed by atoms with Gasteiger partial charge < -0.3 is 5.32 Å². The molecule has 1 aliphatic heterocycles. The summed E-state index contributed by atoms with van der Waals surface area (Å²) in [6.45, 7) is 7.69. The Morgan fingerprint density at radius 2 is 2.05 bits per heavy atom. The fourth-order valence-electron chi connectivity index (χ4n) is 2.16. The van der Waals surface area contributed by atoms with Crippen LogP contribution in [0.25, 0.3) is 0 Å². The number of thioether (sulfide) groups is 1. The van der Waals surface area contributed by atoms with E-state index in [1.807, 2.05) is 17.8 Å². The van der Waals surface area contributed by atoms with E-state index in [9.17, 15) is 4.79 Å². The van der Waals surface area contributed by atoms with Crippen LogP contribution in [0.5, 0.6) is 0 Å². The van der Waals surface area contributed by atoms with Crippen molar-refractivity contribution >= 4 is 25.7 Å². The van der Waals surface area contributed by atoms with Crippen molar-refractivity contribution in [3.63, 3.8) is 0 Å². The fraction of sp³-hybridized carbons (Fsp3) is 0.533. The van der Waals surface area contributed by atoms with Crippen LogP contribution in [0.1, 0.15) is 5.56 Å². The Hall–Kier alpha value is -0.783. The minimum atomic E-state index is -1.22. The maximum atomic E-state index is 12.3. The first-order chi connectivity index (χ1) is 9.46. The third-order valence-electron chi connectivity index (χ3n) is 3.30. The first-order valence-corrected chi connectivity index (χ1v) is 12.0. The molecular weight excluding hydrogens is 284 g/mol. The average molecular weight is 309 g/mol. The predicted octanol–water partition coefficient (Wildman–Crippen LogP) is 2.56. The summed E-state index contributed by atoms with van der Waals surface area (Å²) in [4.78, 5) is 14.6. The van der Waals surface area contributed by atoms with Gasteiger partial charge in [-0.15, -0.1) is 11.8 Å². The summed E-state index contributed by atoms with van der Waals surface area (Å²) in [5, 5.41) is 3.15. The molecule has 1 aromatic rings. The minimum absolute atomic E-state index is 0.0246. The average Bonchev–Trinajstić information content (AvgIpc) is 2.84. The third kappa shape index (κ3) is 4.65. The van der Waals surface area contributed by atoms with Gasteiger partial charge in [-0.2, -0.15) is 0 Å². The molecule has 1 atom stereocenters. The minimum Gasteiger partial charge on any atom is -0.358 e. The van der Waals surface area contributed by atoms with Gasteiger partial charge in [0.1, 0.15) is 0 Å². The largest absolute Gasteiger partial charge is 0.358 e. The second-order valence-electron chi connectivity index (χ2n) is 6.53. The molecule has 1 N–H and O–H groups in total. The van der Waals surface area contributed by atoms with E-state index in [0.717, 1.165) is 24.3 Å². The Morgan fingerprint density at radius 1 is 1.35 bits per heavy atom. The number of carbonyl (C=O) groups is 1. The molecule has 0 unspecified atom stereocenters. The van der Waals surface area contributed by atoms with Gasteiger partial charge in [-0.05, 0) is 5.56 Å². The van der Waals surface area contributed by atoms with E-state index in [1.165, 1.54) is 5.56 Å². The highest BCUT2D eigenvalue weighted by atomic mass is 32.2. The molecule has 1 amide bonds. The zero-order valence-corrected chi connectivity index (χ0v) is 14.4. The van der Waals surface area contributed by atoms with Gasteiger partial charge in [0.2, 0.25) is 5.91 Å². The van der Waals surface area contributed by atoms with E-state index in [0.29, 0.717) is 0 Å². The van der Waals surface area contributed by atoms with Gasteiger partial charge in [0.05, 0.1) is 14.1 Å². The highest BCUT2D eigenvalue weighted by Crippen LogP contribution is 2.23. The molecule has 5 heteroatoms. The highest BCUT2D eigenvalue weighted by molar-refractivity contribution is 7.99. The number of nitrogens with one attached hydrogen (secondary N) is 1. The van der Waals surface area contributed by atoms with E-state index >= 15 is 0 Å². The Bertz CT molecular complexity index is 447. The lowest BCUT2D eigenvalue weighted by atomic mass is 10.2. The van der Waals surface area contributed by atoms with E-state index in [2.05, 4.69) is 54.1 Å². The van der Waals surface area contributed by atoms with E-state index in [-0.39, 0.29) is 11.9 Å². The van der Waals surface area contributed by atoms with Crippen LogP contribution in [0.3, 0.4) is 0 Å². The summed E-state index contributed by atoms with van der Waals surface area (Å²) in [7, 11) is -1.22. The SMILES string of the molecule is C[Si](C)(C)CNC(=O)[C@H]1CSCN1Cc1ccccc1. The molecule has 1 fully saturated rings. The predicted molar refractivity (Wildman–Crippen MR) is 89.5 cm³/mol. The molecule has 1 saturated heterocycles. The first kappa shape index (κ1) is 15.6. The van der Waals surface area contributed by atoms with Crippen LogP contribution in [-0.2, 0) is 11.3 Å². The molecule has 20 heavy (non-hydrogen) atoms. The van der Waals surface area contributed by atoms with Crippen LogP contribution in [0.15, 0.2) is 30.3 Å². The molecule has 2 rings (SSSR count). The number of nitrogens with zero attached hydrogens (tertiary/aromatic N) is 1. The summed E-state index contributed by atoms with van der Waals surface area (Å²) in [6.07, 6.45) is 0.867. The van der Waals surface area contributed by atoms with Crippen LogP contribution < -0.4 is 5.32 Å². The molecule has 1 aromatic carbocycles.